The number of carbonyl (C=O) groups excluding carboxylic acids is 1. The number of aromatic nitrogens is 3. The first kappa shape index (κ1) is 18.2. The quantitative estimate of drug-likeness (QED) is 0.785. The Balaban J connectivity index is 1.76. The zero-order chi connectivity index (χ0) is 18.7. The van der Waals surface area contributed by atoms with Crippen LogP contribution < -0.4 is 14.8 Å². The molecule has 0 bridgehead atoms. The van der Waals surface area contributed by atoms with Gasteiger partial charge in [0.25, 0.3) is 5.91 Å². The van der Waals surface area contributed by atoms with Crippen molar-refractivity contribution in [1.29, 1.82) is 0 Å². The van der Waals surface area contributed by atoms with E-state index in [0.717, 1.165) is 25.2 Å². The van der Waals surface area contributed by atoms with Gasteiger partial charge in [0.05, 0.1) is 13.2 Å². The first-order valence-electron chi connectivity index (χ1n) is 8.97. The highest BCUT2D eigenvalue weighted by Crippen LogP contribution is 2.40. The lowest BCUT2D eigenvalue weighted by Crippen LogP contribution is -2.48. The largest absolute Gasteiger partial charge is 0.493 e. The van der Waals surface area contributed by atoms with Gasteiger partial charge in [-0.15, -0.1) is 0 Å². The van der Waals surface area contributed by atoms with Crippen molar-refractivity contribution in [2.45, 2.75) is 51.8 Å². The van der Waals surface area contributed by atoms with Crippen molar-refractivity contribution in [3.63, 3.8) is 0 Å². The summed E-state index contributed by atoms with van der Waals surface area (Å²) in [6.45, 7) is 6.24. The smallest absolute Gasteiger partial charge is 0.264 e. The first-order valence-corrected chi connectivity index (χ1v) is 8.97. The molecule has 1 amide bonds. The molecular formula is C19H26N4O3. The summed E-state index contributed by atoms with van der Waals surface area (Å²) in [4.78, 5) is 17.3. The second kappa shape index (κ2) is 7.35. The number of para-hydroxylation sites is 2. The minimum atomic E-state index is -1.06. The highest BCUT2D eigenvalue weighted by Gasteiger charge is 2.40. The van der Waals surface area contributed by atoms with Crippen LogP contribution in [0.5, 0.6) is 11.5 Å². The number of carbonyl (C=O) groups is 1. The van der Waals surface area contributed by atoms with Gasteiger partial charge in [-0.05, 0) is 51.7 Å². The molecular weight excluding hydrogens is 332 g/mol. The average molecular weight is 358 g/mol. The van der Waals surface area contributed by atoms with E-state index >= 15 is 0 Å². The molecule has 1 fully saturated rings. The molecule has 1 aromatic carbocycles. The molecule has 0 spiro atoms. The number of methoxy groups -OCH3 is 1. The molecule has 2 aromatic rings. The topological polar surface area (TPSA) is 78.3 Å². The molecule has 1 heterocycles. The molecule has 1 aliphatic rings. The van der Waals surface area contributed by atoms with Gasteiger partial charge in [-0.3, -0.25) is 4.79 Å². The zero-order valence-electron chi connectivity index (χ0n) is 15.7. The normalized spacial score (nSPS) is 15.4. The number of rotatable bonds is 8. The minimum Gasteiger partial charge on any atom is -0.493 e. The molecule has 3 rings (SSSR count). The van der Waals surface area contributed by atoms with Gasteiger partial charge < -0.3 is 14.8 Å². The maximum atomic E-state index is 13.0. The Morgan fingerprint density at radius 2 is 2.04 bits per heavy atom. The molecule has 1 atom stereocenters. The van der Waals surface area contributed by atoms with Gasteiger partial charge in [-0.25, -0.2) is 9.67 Å². The molecule has 0 saturated heterocycles. The van der Waals surface area contributed by atoms with E-state index in [9.17, 15) is 4.79 Å². The van der Waals surface area contributed by atoms with E-state index in [2.05, 4.69) is 15.4 Å². The number of hydrogen-bond donors (Lipinski definition) is 1. The van der Waals surface area contributed by atoms with Crippen LogP contribution in [-0.2, 0) is 11.3 Å². The summed E-state index contributed by atoms with van der Waals surface area (Å²) in [5.41, 5.74) is -1.06. The molecule has 140 valence electrons. The van der Waals surface area contributed by atoms with Gasteiger partial charge in [0.2, 0.25) is 0 Å². The number of aryl methyl sites for hydroxylation is 1. The van der Waals surface area contributed by atoms with E-state index in [4.69, 9.17) is 9.47 Å². The van der Waals surface area contributed by atoms with E-state index < -0.39 is 5.60 Å². The van der Waals surface area contributed by atoms with E-state index in [0.29, 0.717) is 17.4 Å². The summed E-state index contributed by atoms with van der Waals surface area (Å²) in [6, 6.07) is 7.16. The molecule has 1 aromatic heterocycles. The molecule has 1 aliphatic carbocycles. The third kappa shape index (κ3) is 3.81. The van der Waals surface area contributed by atoms with Crippen LogP contribution in [0, 0.1) is 5.92 Å². The van der Waals surface area contributed by atoms with Crippen molar-refractivity contribution in [3.8, 4) is 11.5 Å². The van der Waals surface area contributed by atoms with Crippen LogP contribution in [0.15, 0.2) is 30.6 Å². The SMILES string of the molecule is CCn1ncnc1[C@H](NC(=O)C(C)(C)Oc1ccccc1OC)C1CC1. The maximum absolute atomic E-state index is 13.0. The van der Waals surface area contributed by atoms with Gasteiger partial charge >= 0.3 is 0 Å². The Morgan fingerprint density at radius 1 is 1.35 bits per heavy atom. The molecule has 7 nitrogen and oxygen atoms in total. The molecule has 1 saturated carbocycles. The van der Waals surface area contributed by atoms with Crippen LogP contribution in [0.25, 0.3) is 0 Å². The lowest BCUT2D eigenvalue weighted by molar-refractivity contribution is -0.135. The summed E-state index contributed by atoms with van der Waals surface area (Å²) in [6.07, 6.45) is 3.70. The summed E-state index contributed by atoms with van der Waals surface area (Å²) in [7, 11) is 1.58. The van der Waals surface area contributed by atoms with Crippen molar-refractivity contribution in [2.24, 2.45) is 5.92 Å². The van der Waals surface area contributed by atoms with Gasteiger partial charge in [-0.2, -0.15) is 5.10 Å². The number of benzene rings is 1. The fourth-order valence-corrected chi connectivity index (χ4v) is 2.92. The van der Waals surface area contributed by atoms with Gasteiger partial charge in [0.1, 0.15) is 12.2 Å². The lowest BCUT2D eigenvalue weighted by Gasteiger charge is -2.28. The number of nitrogens with one attached hydrogen (secondary N) is 1. The Bertz CT molecular complexity index is 768. The van der Waals surface area contributed by atoms with Crippen LogP contribution in [0.1, 0.15) is 45.5 Å². The van der Waals surface area contributed by atoms with Crippen molar-refractivity contribution >= 4 is 5.91 Å². The lowest BCUT2D eigenvalue weighted by atomic mass is 10.1. The molecule has 0 unspecified atom stereocenters. The zero-order valence-corrected chi connectivity index (χ0v) is 15.7. The van der Waals surface area contributed by atoms with Crippen molar-refractivity contribution in [1.82, 2.24) is 20.1 Å². The van der Waals surface area contributed by atoms with Crippen molar-refractivity contribution in [2.75, 3.05) is 7.11 Å². The van der Waals surface area contributed by atoms with Crippen LogP contribution in [0.4, 0.5) is 0 Å². The van der Waals surface area contributed by atoms with E-state index in [1.54, 1.807) is 33.1 Å². The predicted octanol–water partition coefficient (Wildman–Crippen LogP) is 2.73. The first-order chi connectivity index (χ1) is 12.5. The fraction of sp³-hybridized carbons (Fsp3) is 0.526. The van der Waals surface area contributed by atoms with Crippen LogP contribution in [-0.4, -0.2) is 33.4 Å². The highest BCUT2D eigenvalue weighted by atomic mass is 16.5. The average Bonchev–Trinajstić information content (AvgIpc) is 3.36. The number of ether oxygens (including phenoxy) is 2. The Morgan fingerprint density at radius 3 is 2.65 bits per heavy atom. The summed E-state index contributed by atoms with van der Waals surface area (Å²) < 4.78 is 13.1. The molecule has 0 aliphatic heterocycles. The second-order valence-electron chi connectivity index (χ2n) is 6.99. The molecule has 26 heavy (non-hydrogen) atoms. The van der Waals surface area contributed by atoms with Gasteiger partial charge in [-0.1, -0.05) is 12.1 Å². The maximum Gasteiger partial charge on any atom is 0.264 e. The number of nitrogens with zero attached hydrogens (tertiary/aromatic N) is 3. The molecule has 1 N–H and O–H groups in total. The third-order valence-electron chi connectivity index (χ3n) is 4.58. The highest BCUT2D eigenvalue weighted by molar-refractivity contribution is 5.85. The van der Waals surface area contributed by atoms with Crippen LogP contribution in [0.3, 0.4) is 0 Å². The number of amides is 1. The van der Waals surface area contributed by atoms with Crippen LogP contribution >= 0.6 is 0 Å². The van der Waals surface area contributed by atoms with E-state index in [-0.39, 0.29) is 11.9 Å². The third-order valence-corrected chi connectivity index (χ3v) is 4.58. The predicted molar refractivity (Wildman–Crippen MR) is 97.0 cm³/mol. The second-order valence-corrected chi connectivity index (χ2v) is 6.99. The summed E-state index contributed by atoms with van der Waals surface area (Å²) >= 11 is 0. The van der Waals surface area contributed by atoms with Gasteiger partial charge in [0.15, 0.2) is 17.1 Å². The van der Waals surface area contributed by atoms with Gasteiger partial charge in [0, 0.05) is 6.54 Å². The summed E-state index contributed by atoms with van der Waals surface area (Å²) in [5.74, 6) is 2.14. The Hall–Kier alpha value is -2.57. The fourth-order valence-electron chi connectivity index (χ4n) is 2.92. The number of hydrogen-bond acceptors (Lipinski definition) is 5. The van der Waals surface area contributed by atoms with Crippen molar-refractivity contribution in [3.05, 3.63) is 36.4 Å². The molecule has 0 radical (unpaired) electrons. The van der Waals surface area contributed by atoms with E-state index in [1.807, 2.05) is 23.7 Å². The summed E-state index contributed by atoms with van der Waals surface area (Å²) in [5, 5.41) is 7.36. The monoisotopic (exact) mass is 358 g/mol. The Labute approximate surface area is 153 Å². The minimum absolute atomic E-state index is 0.148. The molecule has 7 heteroatoms. The van der Waals surface area contributed by atoms with E-state index in [1.165, 1.54) is 6.33 Å². The Kier molecular flexibility index (Phi) is 5.15. The van der Waals surface area contributed by atoms with Crippen molar-refractivity contribution < 1.29 is 14.3 Å². The standard InChI is InChI=1S/C19H26N4O3/c1-5-23-17(20-12-21-23)16(13-10-11-13)22-18(24)19(2,3)26-15-9-7-6-8-14(15)25-4/h6-9,12-13,16H,5,10-11H2,1-4H3,(H,22,24)/t16-/m1/s1. The van der Waals surface area contributed by atoms with Crippen LogP contribution in [0.2, 0.25) is 0 Å².